The van der Waals surface area contributed by atoms with Crippen LogP contribution in [0.2, 0.25) is 0 Å². The zero-order valence-electron chi connectivity index (χ0n) is 9.40. The maximum atomic E-state index is 11.0. The maximum Gasteiger partial charge on any atom is 0.317 e. The fraction of sp³-hybridized carbons (Fsp3) is 0.222. The number of anilines is 1. The van der Waals surface area contributed by atoms with Crippen molar-refractivity contribution in [2.45, 2.75) is 16.7 Å². The number of nitrogen functional groups attached to an aromatic ring is 1. The molecule has 100 valence electrons. The van der Waals surface area contributed by atoms with Gasteiger partial charge in [0.25, 0.3) is 0 Å². The van der Waals surface area contributed by atoms with Gasteiger partial charge in [-0.25, -0.2) is 9.97 Å². The number of imidazole rings is 1. The summed E-state index contributed by atoms with van der Waals surface area (Å²) in [5.41, 5.74) is 6.21. The Morgan fingerprint density at radius 2 is 2.16 bits per heavy atom. The minimum absolute atomic E-state index is 0.0541. The molecule has 5 N–H and O–H groups in total. The van der Waals surface area contributed by atoms with Gasteiger partial charge in [-0.3, -0.25) is 9.59 Å². The van der Waals surface area contributed by atoms with Gasteiger partial charge in [0.05, 0.1) is 12.7 Å². The molecule has 1 unspecified atom stereocenters. The van der Waals surface area contributed by atoms with Crippen LogP contribution in [0.3, 0.4) is 0 Å². The summed E-state index contributed by atoms with van der Waals surface area (Å²) in [5.74, 6) is -2.50. The summed E-state index contributed by atoms with van der Waals surface area (Å²) in [7, 11) is 0. The highest BCUT2D eigenvalue weighted by molar-refractivity contribution is 8.00. The Hall–Kier alpha value is -2.36. The van der Waals surface area contributed by atoms with E-state index in [1.807, 2.05) is 0 Å². The van der Waals surface area contributed by atoms with Crippen molar-refractivity contribution in [1.29, 1.82) is 0 Å². The maximum absolute atomic E-state index is 11.0. The van der Waals surface area contributed by atoms with Crippen molar-refractivity contribution in [1.82, 2.24) is 19.9 Å². The summed E-state index contributed by atoms with van der Waals surface area (Å²) >= 11 is 0.791. The van der Waals surface area contributed by atoms with Gasteiger partial charge in [-0.05, 0) is 0 Å². The summed E-state index contributed by atoms with van der Waals surface area (Å²) in [5, 5.41) is 16.8. The first-order valence-electron chi connectivity index (χ1n) is 5.05. The number of nitrogens with zero attached hydrogens (tertiary/aromatic N) is 3. The van der Waals surface area contributed by atoms with Crippen LogP contribution >= 0.6 is 11.8 Å². The minimum atomic E-state index is -1.24. The molecule has 0 bridgehead atoms. The highest BCUT2D eigenvalue weighted by Crippen LogP contribution is 2.29. The van der Waals surface area contributed by atoms with Crippen molar-refractivity contribution >= 4 is 40.8 Å². The zero-order chi connectivity index (χ0) is 14.0. The monoisotopic (exact) mass is 283 g/mol. The van der Waals surface area contributed by atoms with E-state index in [0.29, 0.717) is 11.2 Å². The molecule has 0 fully saturated rings. The molecule has 0 aliphatic carbocycles. The van der Waals surface area contributed by atoms with E-state index in [2.05, 4.69) is 19.9 Å². The Labute approximate surface area is 110 Å². The molecule has 0 aliphatic rings. The lowest BCUT2D eigenvalue weighted by atomic mass is 10.3. The van der Waals surface area contributed by atoms with Gasteiger partial charge in [0.1, 0.15) is 15.8 Å². The van der Waals surface area contributed by atoms with E-state index in [-0.39, 0.29) is 11.0 Å². The standard InChI is InChI=1S/C9H9N5O4S/c10-9-13-6-5(11-2-12-6)7(14-9)19-3(8(17)18)1-4(15)16/h2-3H,1H2,(H,15,16)(H,17,18)(H3,10,11,12,13,14). The van der Waals surface area contributed by atoms with Gasteiger partial charge in [0, 0.05) is 0 Å². The quantitative estimate of drug-likeness (QED) is 0.436. The normalized spacial score (nSPS) is 12.4. The molecule has 0 aromatic carbocycles. The number of fused-ring (bicyclic) bond motifs is 1. The topological polar surface area (TPSA) is 155 Å². The van der Waals surface area contributed by atoms with Crippen LogP contribution in [0.15, 0.2) is 11.4 Å². The molecule has 0 spiro atoms. The van der Waals surface area contributed by atoms with Crippen LogP contribution in [0.1, 0.15) is 6.42 Å². The fourth-order valence-corrected chi connectivity index (χ4v) is 2.39. The van der Waals surface area contributed by atoms with Crippen LogP contribution in [0.5, 0.6) is 0 Å². The first kappa shape index (κ1) is 13.1. The number of H-pyrrole nitrogens is 1. The second-order valence-electron chi connectivity index (χ2n) is 3.53. The molecule has 9 nitrogen and oxygen atoms in total. The summed E-state index contributed by atoms with van der Waals surface area (Å²) in [6.45, 7) is 0. The highest BCUT2D eigenvalue weighted by Gasteiger charge is 2.24. The molecule has 10 heteroatoms. The van der Waals surface area contributed by atoms with Crippen LogP contribution in [0.25, 0.3) is 11.2 Å². The average molecular weight is 283 g/mol. The number of carboxylic acids is 2. The zero-order valence-corrected chi connectivity index (χ0v) is 10.2. The molecule has 0 aliphatic heterocycles. The first-order valence-corrected chi connectivity index (χ1v) is 5.93. The molecule has 0 amide bonds. The number of aromatic amines is 1. The smallest absolute Gasteiger partial charge is 0.317 e. The molecular formula is C9H9N5O4S. The van der Waals surface area contributed by atoms with E-state index in [9.17, 15) is 9.59 Å². The van der Waals surface area contributed by atoms with Gasteiger partial charge in [-0.1, -0.05) is 11.8 Å². The van der Waals surface area contributed by atoms with E-state index < -0.39 is 23.6 Å². The van der Waals surface area contributed by atoms with Gasteiger partial charge in [0.15, 0.2) is 5.65 Å². The molecule has 1 atom stereocenters. The largest absolute Gasteiger partial charge is 0.481 e. The number of nitrogens with two attached hydrogens (primary N) is 1. The van der Waals surface area contributed by atoms with E-state index in [1.54, 1.807) is 0 Å². The van der Waals surface area contributed by atoms with Crippen molar-refractivity contribution in [2.24, 2.45) is 0 Å². The van der Waals surface area contributed by atoms with Gasteiger partial charge in [0.2, 0.25) is 5.95 Å². The summed E-state index contributed by atoms with van der Waals surface area (Å²) in [6, 6.07) is 0. The third-order valence-electron chi connectivity index (χ3n) is 2.16. The minimum Gasteiger partial charge on any atom is -0.481 e. The van der Waals surface area contributed by atoms with E-state index in [4.69, 9.17) is 15.9 Å². The van der Waals surface area contributed by atoms with Crippen molar-refractivity contribution < 1.29 is 19.8 Å². The van der Waals surface area contributed by atoms with Gasteiger partial charge < -0.3 is 20.9 Å². The van der Waals surface area contributed by atoms with Crippen molar-refractivity contribution in [3.63, 3.8) is 0 Å². The van der Waals surface area contributed by atoms with Crippen molar-refractivity contribution in [3.8, 4) is 0 Å². The lowest BCUT2D eigenvalue weighted by Crippen LogP contribution is -2.20. The molecular weight excluding hydrogens is 274 g/mol. The van der Waals surface area contributed by atoms with Crippen LogP contribution in [0, 0.1) is 0 Å². The number of thioether (sulfide) groups is 1. The van der Waals surface area contributed by atoms with E-state index in [0.717, 1.165) is 11.8 Å². The first-order chi connectivity index (χ1) is 8.97. The second kappa shape index (κ2) is 5.10. The van der Waals surface area contributed by atoms with Crippen LogP contribution in [-0.4, -0.2) is 47.3 Å². The number of aromatic nitrogens is 4. The Balaban J connectivity index is 2.35. The summed E-state index contributed by atoms with van der Waals surface area (Å²) in [6.07, 6.45) is 0.843. The van der Waals surface area contributed by atoms with E-state index in [1.165, 1.54) is 6.33 Å². The van der Waals surface area contributed by atoms with Crippen molar-refractivity contribution in [2.75, 3.05) is 5.73 Å². The number of rotatable bonds is 5. The van der Waals surface area contributed by atoms with Gasteiger partial charge in [-0.2, -0.15) is 4.98 Å². The summed E-state index contributed by atoms with van der Waals surface area (Å²) in [4.78, 5) is 36.1. The predicted molar refractivity (Wildman–Crippen MR) is 65.6 cm³/mol. The predicted octanol–water partition coefficient (Wildman–Crippen LogP) is -0.0449. The third-order valence-corrected chi connectivity index (χ3v) is 3.33. The fourth-order valence-electron chi connectivity index (χ4n) is 1.38. The Bertz CT molecular complexity index is 643. The van der Waals surface area contributed by atoms with E-state index >= 15 is 0 Å². The second-order valence-corrected chi connectivity index (χ2v) is 4.72. The molecule has 2 heterocycles. The third kappa shape index (κ3) is 2.91. The number of aliphatic carboxylic acids is 2. The molecule has 0 radical (unpaired) electrons. The van der Waals surface area contributed by atoms with Crippen molar-refractivity contribution in [3.05, 3.63) is 6.33 Å². The lowest BCUT2D eigenvalue weighted by molar-refractivity contribution is -0.142. The SMILES string of the molecule is Nc1nc(SC(CC(=O)O)C(=O)O)c2[nH]cnc2n1. The molecule has 2 aromatic heterocycles. The molecule has 19 heavy (non-hydrogen) atoms. The Kier molecular flexibility index (Phi) is 3.51. The Morgan fingerprint density at radius 1 is 1.42 bits per heavy atom. The number of hydrogen-bond acceptors (Lipinski definition) is 7. The number of carbonyl (C=O) groups is 2. The highest BCUT2D eigenvalue weighted by atomic mass is 32.2. The van der Waals surface area contributed by atoms with Crippen LogP contribution in [-0.2, 0) is 9.59 Å². The Morgan fingerprint density at radius 3 is 2.79 bits per heavy atom. The molecule has 2 aromatic rings. The van der Waals surface area contributed by atoms with Gasteiger partial charge in [-0.15, -0.1) is 0 Å². The molecule has 0 saturated heterocycles. The average Bonchev–Trinajstić information content (AvgIpc) is 2.75. The lowest BCUT2D eigenvalue weighted by Gasteiger charge is -2.09. The summed E-state index contributed by atoms with van der Waals surface area (Å²) < 4.78 is 0. The number of nitrogens with one attached hydrogen (secondary N) is 1. The number of carboxylic acid groups (broad SMARTS) is 2. The van der Waals surface area contributed by atoms with Crippen LogP contribution in [0.4, 0.5) is 5.95 Å². The molecule has 0 saturated carbocycles. The molecule has 2 rings (SSSR count). The number of hydrogen-bond donors (Lipinski definition) is 4. The van der Waals surface area contributed by atoms with Crippen LogP contribution < -0.4 is 5.73 Å². The van der Waals surface area contributed by atoms with Gasteiger partial charge >= 0.3 is 11.9 Å².